The number of amides is 2. The van der Waals surface area contributed by atoms with Crippen LogP contribution >= 0.6 is 11.8 Å². The van der Waals surface area contributed by atoms with E-state index in [0.29, 0.717) is 17.7 Å². The Morgan fingerprint density at radius 2 is 1.56 bits per heavy atom. The van der Waals surface area contributed by atoms with E-state index in [1.165, 1.54) is 19.3 Å². The third kappa shape index (κ3) is 3.55. The zero-order valence-electron chi connectivity index (χ0n) is 18.6. The zero-order chi connectivity index (χ0) is 21.9. The predicted molar refractivity (Wildman–Crippen MR) is 128 cm³/mol. The largest absolute Gasteiger partial charge is 0.347 e. The summed E-state index contributed by atoms with van der Waals surface area (Å²) in [5, 5.41) is 3.48. The number of rotatable bonds is 3. The first-order valence-corrected chi connectivity index (χ1v) is 12.9. The number of nitrogens with zero attached hydrogens (tertiary/aromatic N) is 1. The minimum Gasteiger partial charge on any atom is -0.347 e. The number of fused-ring (bicyclic) bond motifs is 1. The minimum absolute atomic E-state index is 0.00481. The van der Waals surface area contributed by atoms with Gasteiger partial charge in [-0.15, -0.1) is 11.8 Å². The topological polar surface area (TPSA) is 49.4 Å². The molecule has 7 rings (SSSR count). The molecule has 2 amide bonds. The van der Waals surface area contributed by atoms with Crippen molar-refractivity contribution in [2.45, 2.75) is 55.9 Å². The molecule has 5 heteroatoms. The van der Waals surface area contributed by atoms with Crippen LogP contribution in [0, 0.1) is 24.7 Å². The maximum atomic E-state index is 13.4. The number of nitrogens with one attached hydrogen (secondary N) is 1. The molecule has 4 nitrogen and oxygen atoms in total. The average Bonchev–Trinajstić information content (AvgIpc) is 2.77. The molecular weight excluding hydrogens is 416 g/mol. The van der Waals surface area contributed by atoms with E-state index in [-0.39, 0.29) is 17.4 Å². The van der Waals surface area contributed by atoms with Crippen molar-refractivity contribution in [1.29, 1.82) is 0 Å². The molecule has 0 atom stereocenters. The number of carbonyl (C=O) groups excluding carboxylic acids is 2. The Labute approximate surface area is 194 Å². The Kier molecular flexibility index (Phi) is 4.87. The van der Waals surface area contributed by atoms with Gasteiger partial charge in [0.1, 0.15) is 0 Å². The minimum atomic E-state index is -0.00606. The number of aryl methyl sites for hydroxylation is 1. The molecule has 5 aliphatic rings. The first kappa shape index (κ1) is 20.3. The second-order valence-corrected chi connectivity index (χ2v) is 11.6. The van der Waals surface area contributed by atoms with Crippen LogP contribution in [0.5, 0.6) is 0 Å². The highest BCUT2D eigenvalue weighted by Gasteiger charge is 2.51. The number of hydrogen-bond acceptors (Lipinski definition) is 3. The van der Waals surface area contributed by atoms with E-state index in [2.05, 4.69) is 5.32 Å². The zero-order valence-corrected chi connectivity index (χ0v) is 19.4. The van der Waals surface area contributed by atoms with Crippen molar-refractivity contribution < 1.29 is 9.59 Å². The fourth-order valence-electron chi connectivity index (χ4n) is 7.00. The van der Waals surface area contributed by atoms with Crippen molar-refractivity contribution in [3.8, 4) is 0 Å². The van der Waals surface area contributed by atoms with E-state index in [9.17, 15) is 9.59 Å². The van der Waals surface area contributed by atoms with Gasteiger partial charge in [0, 0.05) is 33.9 Å². The molecule has 2 aromatic carbocycles. The third-order valence-electron chi connectivity index (χ3n) is 8.04. The maximum absolute atomic E-state index is 13.4. The van der Waals surface area contributed by atoms with Crippen LogP contribution in [0.4, 0.5) is 5.69 Å². The van der Waals surface area contributed by atoms with E-state index < -0.39 is 0 Å². The molecule has 1 N–H and O–H groups in total. The molecule has 1 aliphatic heterocycles. The van der Waals surface area contributed by atoms with Gasteiger partial charge in [0.15, 0.2) is 0 Å². The van der Waals surface area contributed by atoms with Gasteiger partial charge >= 0.3 is 0 Å². The number of benzene rings is 2. The molecule has 0 spiro atoms. The SMILES string of the molecule is Cc1ccc(C(=O)N2CCSc3ccc(C(=O)NC45CC6CC(CC(C6)C4)C5)cc32)cc1. The standard InChI is InChI=1S/C27H30N2O2S/c1-17-2-4-21(5-3-17)26(31)29-8-9-32-24-7-6-22(13-23(24)29)25(30)28-27-14-18-10-19(15-27)12-20(11-18)16-27/h2-7,13,18-20H,8-12,14-16H2,1H3,(H,28,30). The first-order valence-electron chi connectivity index (χ1n) is 12.0. The third-order valence-corrected chi connectivity index (χ3v) is 9.09. The van der Waals surface area contributed by atoms with Crippen molar-refractivity contribution in [3.05, 3.63) is 59.2 Å². The Morgan fingerprint density at radius 1 is 0.938 bits per heavy atom. The first-order chi connectivity index (χ1) is 15.5. The van der Waals surface area contributed by atoms with Gasteiger partial charge < -0.3 is 10.2 Å². The van der Waals surface area contributed by atoms with Crippen LogP contribution in [-0.2, 0) is 0 Å². The van der Waals surface area contributed by atoms with Gasteiger partial charge in [-0.25, -0.2) is 0 Å². The van der Waals surface area contributed by atoms with Gasteiger partial charge in [-0.1, -0.05) is 17.7 Å². The second-order valence-electron chi connectivity index (χ2n) is 10.5. The molecule has 2 aromatic rings. The molecule has 0 radical (unpaired) electrons. The van der Waals surface area contributed by atoms with E-state index in [4.69, 9.17) is 0 Å². The summed E-state index contributed by atoms with van der Waals surface area (Å²) in [6.45, 7) is 2.68. The molecule has 0 saturated heterocycles. The summed E-state index contributed by atoms with van der Waals surface area (Å²) >= 11 is 1.76. The number of hydrogen-bond donors (Lipinski definition) is 1. The van der Waals surface area contributed by atoms with Gasteiger partial charge in [0.05, 0.1) is 5.69 Å². The second kappa shape index (κ2) is 7.65. The van der Waals surface area contributed by atoms with Crippen LogP contribution in [0.15, 0.2) is 47.4 Å². The average molecular weight is 447 g/mol. The quantitative estimate of drug-likeness (QED) is 0.682. The lowest BCUT2D eigenvalue weighted by molar-refractivity contribution is -0.0167. The summed E-state index contributed by atoms with van der Waals surface area (Å²) in [5.74, 6) is 3.28. The lowest BCUT2D eigenvalue weighted by Crippen LogP contribution is -2.59. The van der Waals surface area contributed by atoms with E-state index in [1.54, 1.807) is 11.8 Å². The molecule has 4 saturated carbocycles. The highest BCUT2D eigenvalue weighted by molar-refractivity contribution is 7.99. The summed E-state index contributed by atoms with van der Waals surface area (Å²) in [6, 6.07) is 13.6. The summed E-state index contributed by atoms with van der Waals surface area (Å²) in [7, 11) is 0. The maximum Gasteiger partial charge on any atom is 0.258 e. The molecular formula is C27H30N2O2S. The van der Waals surface area contributed by atoms with Gasteiger partial charge in [0.25, 0.3) is 11.8 Å². The number of carbonyl (C=O) groups is 2. The monoisotopic (exact) mass is 446 g/mol. The van der Waals surface area contributed by atoms with Crippen LogP contribution < -0.4 is 10.2 Å². The highest BCUT2D eigenvalue weighted by Crippen LogP contribution is 2.55. The Hall–Kier alpha value is -2.27. The van der Waals surface area contributed by atoms with E-state index in [1.807, 2.05) is 54.3 Å². The molecule has 32 heavy (non-hydrogen) atoms. The fraction of sp³-hybridized carbons (Fsp3) is 0.481. The van der Waals surface area contributed by atoms with Crippen LogP contribution in [0.25, 0.3) is 0 Å². The number of thioether (sulfide) groups is 1. The summed E-state index contributed by atoms with van der Waals surface area (Å²) in [5.41, 5.74) is 3.36. The Balaban J connectivity index is 1.26. The van der Waals surface area contributed by atoms with Gasteiger partial charge in [-0.05, 0) is 93.5 Å². The smallest absolute Gasteiger partial charge is 0.258 e. The Bertz CT molecular complexity index is 1040. The van der Waals surface area contributed by atoms with E-state index in [0.717, 1.165) is 58.9 Å². The van der Waals surface area contributed by atoms with Crippen molar-refractivity contribution in [1.82, 2.24) is 5.32 Å². The van der Waals surface area contributed by atoms with Crippen LogP contribution in [0.2, 0.25) is 0 Å². The summed E-state index contributed by atoms with van der Waals surface area (Å²) < 4.78 is 0. The van der Waals surface area contributed by atoms with E-state index >= 15 is 0 Å². The summed E-state index contributed by atoms with van der Waals surface area (Å²) in [4.78, 5) is 29.6. The molecule has 4 bridgehead atoms. The van der Waals surface area contributed by atoms with Crippen molar-refractivity contribution >= 4 is 29.3 Å². The van der Waals surface area contributed by atoms with Gasteiger partial charge in [0.2, 0.25) is 0 Å². The predicted octanol–water partition coefficient (Wildman–Crippen LogP) is 5.45. The fourth-order valence-corrected chi connectivity index (χ4v) is 7.97. The molecule has 0 unspecified atom stereocenters. The molecule has 4 fully saturated rings. The van der Waals surface area contributed by atoms with Crippen molar-refractivity contribution in [3.63, 3.8) is 0 Å². The lowest BCUT2D eigenvalue weighted by Gasteiger charge is -2.56. The molecule has 0 aromatic heterocycles. The number of anilines is 1. The van der Waals surface area contributed by atoms with Crippen molar-refractivity contribution in [2.75, 3.05) is 17.2 Å². The molecule has 4 aliphatic carbocycles. The molecule has 1 heterocycles. The normalized spacial score (nSPS) is 30.2. The van der Waals surface area contributed by atoms with Gasteiger partial charge in [-0.3, -0.25) is 9.59 Å². The lowest BCUT2D eigenvalue weighted by atomic mass is 9.53. The summed E-state index contributed by atoms with van der Waals surface area (Å²) in [6.07, 6.45) is 7.51. The van der Waals surface area contributed by atoms with Gasteiger partial charge in [-0.2, -0.15) is 0 Å². The van der Waals surface area contributed by atoms with Crippen molar-refractivity contribution in [2.24, 2.45) is 17.8 Å². The Morgan fingerprint density at radius 3 is 2.22 bits per heavy atom. The van der Waals surface area contributed by atoms with Crippen LogP contribution in [-0.4, -0.2) is 29.7 Å². The molecule has 166 valence electrons. The van der Waals surface area contributed by atoms with Crippen LogP contribution in [0.3, 0.4) is 0 Å². The highest BCUT2D eigenvalue weighted by atomic mass is 32.2. The van der Waals surface area contributed by atoms with Crippen LogP contribution in [0.1, 0.15) is 64.8 Å².